The van der Waals surface area contributed by atoms with Gasteiger partial charge in [-0.25, -0.2) is 4.98 Å². The SMILES string of the molecule is N#Cc1c2c(c(N3CC[NH+](Cc4ccccc4)CC3)n3c1nc1ccccc13)CCC2. The summed E-state index contributed by atoms with van der Waals surface area (Å²) in [5.74, 6) is 1.29. The van der Waals surface area contributed by atoms with E-state index in [4.69, 9.17) is 4.98 Å². The van der Waals surface area contributed by atoms with E-state index in [0.717, 1.165) is 74.2 Å². The Morgan fingerprint density at radius 2 is 1.68 bits per heavy atom. The zero-order valence-electron chi connectivity index (χ0n) is 17.6. The standard InChI is InChI=1S/C26H25N5/c27-17-22-20-9-6-10-21(20)26(31-24-12-5-4-11-23(24)28-25(22)31)30-15-13-29(14-16-30)18-19-7-2-1-3-8-19/h1-5,7-8,11-12H,6,9-10,13-16,18H2/p+1. The second-order valence-electron chi connectivity index (χ2n) is 8.78. The van der Waals surface area contributed by atoms with E-state index in [-0.39, 0.29) is 0 Å². The highest BCUT2D eigenvalue weighted by atomic mass is 15.3. The van der Waals surface area contributed by atoms with Gasteiger partial charge in [-0.15, -0.1) is 0 Å². The quantitative estimate of drug-likeness (QED) is 0.567. The van der Waals surface area contributed by atoms with Gasteiger partial charge in [0.2, 0.25) is 0 Å². The van der Waals surface area contributed by atoms with Crippen molar-refractivity contribution >= 4 is 22.5 Å². The number of imidazole rings is 1. The molecular weight excluding hydrogens is 382 g/mol. The monoisotopic (exact) mass is 408 g/mol. The maximum Gasteiger partial charge on any atom is 0.157 e. The fourth-order valence-electron chi connectivity index (χ4n) is 5.49. The summed E-state index contributed by atoms with van der Waals surface area (Å²) in [5, 5.41) is 9.98. The molecule has 0 unspecified atom stereocenters. The lowest BCUT2D eigenvalue weighted by Crippen LogP contribution is -3.13. The molecule has 3 heterocycles. The van der Waals surface area contributed by atoms with E-state index in [9.17, 15) is 5.26 Å². The number of rotatable bonds is 3. The first-order chi connectivity index (χ1) is 15.3. The molecule has 4 aromatic rings. The van der Waals surface area contributed by atoms with Gasteiger partial charge in [0, 0.05) is 5.56 Å². The third-order valence-corrected chi connectivity index (χ3v) is 6.96. The van der Waals surface area contributed by atoms with Crippen LogP contribution in [0.3, 0.4) is 0 Å². The minimum atomic E-state index is 0.779. The highest BCUT2D eigenvalue weighted by Gasteiger charge is 2.30. The van der Waals surface area contributed by atoms with Gasteiger partial charge in [-0.1, -0.05) is 42.5 Å². The normalized spacial score (nSPS) is 16.7. The Morgan fingerprint density at radius 3 is 2.48 bits per heavy atom. The molecule has 0 radical (unpaired) electrons. The molecule has 0 spiro atoms. The number of hydrogen-bond acceptors (Lipinski definition) is 3. The van der Waals surface area contributed by atoms with Crippen LogP contribution >= 0.6 is 0 Å². The molecule has 154 valence electrons. The van der Waals surface area contributed by atoms with Gasteiger partial charge in [0.1, 0.15) is 18.4 Å². The molecule has 1 N–H and O–H groups in total. The smallest absolute Gasteiger partial charge is 0.157 e. The van der Waals surface area contributed by atoms with Gasteiger partial charge in [0.25, 0.3) is 0 Å². The minimum Gasteiger partial charge on any atom is -0.346 e. The predicted octanol–water partition coefficient (Wildman–Crippen LogP) is 2.75. The van der Waals surface area contributed by atoms with Crippen LogP contribution in [0.1, 0.15) is 28.7 Å². The number of hydrogen-bond donors (Lipinski definition) is 1. The molecule has 1 aliphatic carbocycles. The molecule has 6 rings (SSSR count). The zero-order chi connectivity index (χ0) is 20.8. The molecule has 0 saturated carbocycles. The van der Waals surface area contributed by atoms with Crippen LogP contribution in [-0.4, -0.2) is 35.6 Å². The van der Waals surface area contributed by atoms with Gasteiger partial charge < -0.3 is 9.80 Å². The van der Waals surface area contributed by atoms with Crippen molar-refractivity contribution < 1.29 is 4.90 Å². The van der Waals surface area contributed by atoms with Crippen molar-refractivity contribution in [2.75, 3.05) is 31.1 Å². The summed E-state index contributed by atoms with van der Waals surface area (Å²) < 4.78 is 2.28. The van der Waals surface area contributed by atoms with Crippen molar-refractivity contribution in [2.45, 2.75) is 25.8 Å². The van der Waals surface area contributed by atoms with Crippen LogP contribution in [0.4, 0.5) is 5.82 Å². The molecule has 0 bridgehead atoms. The van der Waals surface area contributed by atoms with Crippen molar-refractivity contribution in [1.82, 2.24) is 9.38 Å². The van der Waals surface area contributed by atoms with Gasteiger partial charge in [-0.2, -0.15) is 5.26 Å². The molecule has 31 heavy (non-hydrogen) atoms. The third kappa shape index (κ3) is 2.98. The zero-order valence-corrected chi connectivity index (χ0v) is 17.6. The number of pyridine rings is 1. The Morgan fingerprint density at radius 1 is 0.935 bits per heavy atom. The van der Waals surface area contributed by atoms with Crippen molar-refractivity contribution in [2.24, 2.45) is 0 Å². The molecule has 2 aliphatic rings. The lowest BCUT2D eigenvalue weighted by molar-refractivity contribution is -0.914. The Hall–Kier alpha value is -3.36. The number of fused-ring (bicyclic) bond motifs is 4. The fourth-order valence-corrected chi connectivity index (χ4v) is 5.49. The molecule has 2 aromatic carbocycles. The predicted molar refractivity (Wildman–Crippen MR) is 122 cm³/mol. The lowest BCUT2D eigenvalue weighted by atomic mass is 10.0. The summed E-state index contributed by atoms with van der Waals surface area (Å²) in [6.07, 6.45) is 3.17. The number of benzene rings is 2. The first kappa shape index (κ1) is 18.4. The maximum atomic E-state index is 9.98. The number of para-hydroxylation sites is 2. The average Bonchev–Trinajstić information content (AvgIpc) is 3.44. The molecule has 1 saturated heterocycles. The van der Waals surface area contributed by atoms with Crippen LogP contribution in [0.25, 0.3) is 16.7 Å². The van der Waals surface area contributed by atoms with E-state index in [1.54, 1.807) is 4.90 Å². The largest absolute Gasteiger partial charge is 0.346 e. The van der Waals surface area contributed by atoms with E-state index in [1.807, 2.05) is 6.07 Å². The highest BCUT2D eigenvalue weighted by molar-refractivity contribution is 5.86. The number of nitrogens with one attached hydrogen (secondary N) is 1. The summed E-state index contributed by atoms with van der Waals surface area (Å²) >= 11 is 0. The van der Waals surface area contributed by atoms with E-state index >= 15 is 0 Å². The molecule has 1 aliphatic heterocycles. The Bertz CT molecular complexity index is 1310. The summed E-state index contributed by atoms with van der Waals surface area (Å²) in [6, 6.07) is 21.6. The van der Waals surface area contributed by atoms with Crippen molar-refractivity contribution in [3.8, 4) is 6.07 Å². The first-order valence-corrected chi connectivity index (χ1v) is 11.3. The molecule has 0 atom stereocenters. The molecule has 2 aromatic heterocycles. The molecule has 5 nitrogen and oxygen atoms in total. The number of quaternary nitrogens is 1. The van der Waals surface area contributed by atoms with Gasteiger partial charge in [-0.3, -0.25) is 4.40 Å². The molecule has 5 heteroatoms. The Balaban J connectivity index is 1.41. The van der Waals surface area contributed by atoms with Crippen LogP contribution in [0.2, 0.25) is 0 Å². The Labute approximate surface area is 182 Å². The van der Waals surface area contributed by atoms with E-state index < -0.39 is 0 Å². The number of anilines is 1. The summed E-state index contributed by atoms with van der Waals surface area (Å²) in [5.41, 5.74) is 7.71. The van der Waals surface area contributed by atoms with Crippen molar-refractivity contribution in [3.63, 3.8) is 0 Å². The van der Waals surface area contributed by atoms with Gasteiger partial charge in [-0.05, 0) is 42.5 Å². The van der Waals surface area contributed by atoms with Crippen LogP contribution in [0.15, 0.2) is 54.6 Å². The third-order valence-electron chi connectivity index (χ3n) is 6.96. The molecule has 1 fully saturated rings. The van der Waals surface area contributed by atoms with Crippen LogP contribution in [0.5, 0.6) is 0 Å². The van der Waals surface area contributed by atoms with Crippen LogP contribution in [0, 0.1) is 11.3 Å². The number of aromatic nitrogens is 2. The van der Waals surface area contributed by atoms with Gasteiger partial charge >= 0.3 is 0 Å². The van der Waals surface area contributed by atoms with E-state index in [0.29, 0.717) is 0 Å². The number of piperazine rings is 1. The topological polar surface area (TPSA) is 48.8 Å². The van der Waals surface area contributed by atoms with Crippen LogP contribution in [-0.2, 0) is 19.4 Å². The first-order valence-electron chi connectivity index (χ1n) is 11.3. The van der Waals surface area contributed by atoms with E-state index in [1.165, 1.54) is 22.5 Å². The maximum absolute atomic E-state index is 9.98. The summed E-state index contributed by atoms with van der Waals surface area (Å²) in [4.78, 5) is 9.09. The molecular formula is C26H26N5+. The average molecular weight is 409 g/mol. The summed E-state index contributed by atoms with van der Waals surface area (Å²) in [6.45, 7) is 5.39. The van der Waals surface area contributed by atoms with E-state index in [2.05, 4.69) is 63.9 Å². The van der Waals surface area contributed by atoms with Crippen molar-refractivity contribution in [1.29, 1.82) is 5.26 Å². The number of nitriles is 1. The van der Waals surface area contributed by atoms with Crippen LogP contribution < -0.4 is 9.80 Å². The Kier molecular flexibility index (Phi) is 4.40. The minimum absolute atomic E-state index is 0.779. The lowest BCUT2D eigenvalue weighted by Gasteiger charge is -2.35. The van der Waals surface area contributed by atoms with Gasteiger partial charge in [0.15, 0.2) is 5.65 Å². The number of nitrogens with zero attached hydrogens (tertiary/aromatic N) is 4. The molecule has 0 amide bonds. The second kappa shape index (κ2) is 7.40. The van der Waals surface area contributed by atoms with Gasteiger partial charge in [0.05, 0.1) is 42.8 Å². The summed E-state index contributed by atoms with van der Waals surface area (Å²) in [7, 11) is 0. The van der Waals surface area contributed by atoms with Crippen molar-refractivity contribution in [3.05, 3.63) is 76.9 Å². The highest BCUT2D eigenvalue weighted by Crippen LogP contribution is 2.38. The fraction of sp³-hybridized carbons (Fsp3) is 0.308. The second-order valence-corrected chi connectivity index (χ2v) is 8.78.